The number of carbonyl (C=O) groups excluding carboxylic acids is 1. The molecule has 160 valence electrons. The van der Waals surface area contributed by atoms with Crippen molar-refractivity contribution in [1.29, 1.82) is 0 Å². The molecular weight excluding hydrogens is 428 g/mol. The number of aromatic nitrogens is 2. The van der Waals surface area contributed by atoms with Crippen molar-refractivity contribution in [2.45, 2.75) is 6.10 Å². The smallest absolute Gasteiger partial charge is 0.260 e. The second-order valence-electron chi connectivity index (χ2n) is 6.86. The second-order valence-corrected chi connectivity index (χ2v) is 7.30. The monoisotopic (exact) mass is 445 g/mol. The molecule has 6 nitrogen and oxygen atoms in total. The molecule has 1 fully saturated rings. The highest BCUT2D eigenvalue weighted by molar-refractivity contribution is 6.30. The van der Waals surface area contributed by atoms with Gasteiger partial charge >= 0.3 is 0 Å². The first-order valence-electron chi connectivity index (χ1n) is 9.55. The molecule has 3 aromatic rings. The standard InChI is InChI=1S/C22H18ClF2N3O3/c23-15-3-1-2-14(10-15)21-22(27-7-6-26-21)19-12-28(8-9-30-19)20(29)13-31-18-5-4-16(24)11-17(18)25/h1-7,10-11,19H,8-9,12-13H2/t19-/m0/s1. The summed E-state index contributed by atoms with van der Waals surface area (Å²) in [6.07, 6.45) is 2.65. The summed E-state index contributed by atoms with van der Waals surface area (Å²) in [6.45, 7) is 0.515. The van der Waals surface area contributed by atoms with Gasteiger partial charge in [0.05, 0.1) is 24.5 Å². The highest BCUT2D eigenvalue weighted by atomic mass is 35.5. The first kappa shape index (κ1) is 21.1. The second kappa shape index (κ2) is 9.36. The fraction of sp³-hybridized carbons (Fsp3) is 0.227. The van der Waals surface area contributed by atoms with E-state index in [9.17, 15) is 13.6 Å². The summed E-state index contributed by atoms with van der Waals surface area (Å²) in [6, 6.07) is 10.2. The maximum Gasteiger partial charge on any atom is 0.260 e. The molecule has 0 unspecified atom stereocenters. The summed E-state index contributed by atoms with van der Waals surface area (Å²) in [4.78, 5) is 23.0. The Morgan fingerprint density at radius 3 is 2.84 bits per heavy atom. The maximum atomic E-state index is 13.7. The lowest BCUT2D eigenvalue weighted by Gasteiger charge is -2.33. The maximum absolute atomic E-state index is 13.7. The number of hydrogen-bond donors (Lipinski definition) is 0. The van der Waals surface area contributed by atoms with Gasteiger partial charge in [0.2, 0.25) is 0 Å². The van der Waals surface area contributed by atoms with Gasteiger partial charge in [-0.1, -0.05) is 23.7 Å². The van der Waals surface area contributed by atoms with Gasteiger partial charge in [0, 0.05) is 35.6 Å². The van der Waals surface area contributed by atoms with Crippen LogP contribution in [0.4, 0.5) is 8.78 Å². The highest BCUT2D eigenvalue weighted by Gasteiger charge is 2.29. The molecule has 2 heterocycles. The first-order valence-corrected chi connectivity index (χ1v) is 9.93. The molecule has 1 saturated heterocycles. The van der Waals surface area contributed by atoms with Crippen molar-refractivity contribution in [3.05, 3.63) is 77.2 Å². The zero-order valence-corrected chi connectivity index (χ0v) is 17.1. The highest BCUT2D eigenvalue weighted by Crippen LogP contribution is 2.30. The fourth-order valence-electron chi connectivity index (χ4n) is 3.31. The van der Waals surface area contributed by atoms with Gasteiger partial charge in [-0.2, -0.15) is 0 Å². The SMILES string of the molecule is O=C(COc1ccc(F)cc1F)N1CCO[C@H](c2nccnc2-c2cccc(Cl)c2)C1. The predicted molar refractivity (Wildman–Crippen MR) is 110 cm³/mol. The Morgan fingerprint density at radius 1 is 1.19 bits per heavy atom. The van der Waals surface area contributed by atoms with E-state index in [2.05, 4.69) is 9.97 Å². The summed E-state index contributed by atoms with van der Waals surface area (Å²) in [7, 11) is 0. The minimum absolute atomic E-state index is 0.184. The van der Waals surface area contributed by atoms with Crippen LogP contribution in [0, 0.1) is 11.6 Å². The largest absolute Gasteiger partial charge is 0.481 e. The van der Waals surface area contributed by atoms with E-state index >= 15 is 0 Å². The molecule has 1 atom stereocenters. The normalized spacial score (nSPS) is 16.2. The van der Waals surface area contributed by atoms with Gasteiger partial charge in [-0.25, -0.2) is 8.78 Å². The number of morpholine rings is 1. The van der Waals surface area contributed by atoms with Crippen LogP contribution in [0.1, 0.15) is 11.8 Å². The van der Waals surface area contributed by atoms with Gasteiger partial charge in [-0.3, -0.25) is 14.8 Å². The molecule has 4 rings (SSSR count). The van der Waals surface area contributed by atoms with Crippen molar-refractivity contribution in [3.63, 3.8) is 0 Å². The van der Waals surface area contributed by atoms with E-state index in [0.717, 1.165) is 17.7 Å². The average Bonchev–Trinajstić information content (AvgIpc) is 2.78. The Labute approximate surface area is 182 Å². The van der Waals surface area contributed by atoms with Gasteiger partial charge in [0.25, 0.3) is 5.91 Å². The minimum atomic E-state index is -0.863. The molecule has 9 heteroatoms. The lowest BCUT2D eigenvalue weighted by molar-refractivity contribution is -0.141. The molecule has 1 amide bonds. The Hall–Kier alpha value is -3.10. The molecule has 1 aliphatic rings. The number of rotatable bonds is 5. The summed E-state index contributed by atoms with van der Waals surface area (Å²) < 4.78 is 37.8. The number of ether oxygens (including phenoxy) is 2. The quantitative estimate of drug-likeness (QED) is 0.592. The van der Waals surface area contributed by atoms with Crippen LogP contribution in [0.15, 0.2) is 54.9 Å². The minimum Gasteiger partial charge on any atom is -0.481 e. The van der Waals surface area contributed by atoms with Crippen molar-refractivity contribution in [1.82, 2.24) is 14.9 Å². The van der Waals surface area contributed by atoms with Crippen molar-refractivity contribution in [2.75, 3.05) is 26.3 Å². The Morgan fingerprint density at radius 2 is 2.03 bits per heavy atom. The zero-order valence-electron chi connectivity index (χ0n) is 16.3. The van der Waals surface area contributed by atoms with E-state index in [-0.39, 0.29) is 24.8 Å². The molecule has 2 aromatic carbocycles. The molecule has 31 heavy (non-hydrogen) atoms. The van der Waals surface area contributed by atoms with Gasteiger partial charge in [0.1, 0.15) is 11.9 Å². The third-order valence-corrected chi connectivity index (χ3v) is 5.03. The van der Waals surface area contributed by atoms with Gasteiger partial charge in [0.15, 0.2) is 18.2 Å². The molecular formula is C22H18ClF2N3O3. The summed E-state index contributed by atoms with van der Waals surface area (Å²) in [5, 5.41) is 0.570. The topological polar surface area (TPSA) is 64.5 Å². The summed E-state index contributed by atoms with van der Waals surface area (Å²) in [5.74, 6) is -2.10. The van der Waals surface area contributed by atoms with E-state index in [0.29, 0.717) is 35.6 Å². The van der Waals surface area contributed by atoms with Gasteiger partial charge < -0.3 is 14.4 Å². The molecule has 0 radical (unpaired) electrons. The number of halogens is 3. The predicted octanol–water partition coefficient (Wildman–Crippen LogP) is 4.05. The van der Waals surface area contributed by atoms with E-state index in [1.54, 1.807) is 29.4 Å². The van der Waals surface area contributed by atoms with E-state index in [1.807, 2.05) is 12.1 Å². The van der Waals surface area contributed by atoms with E-state index in [4.69, 9.17) is 21.1 Å². The zero-order chi connectivity index (χ0) is 21.8. The van der Waals surface area contributed by atoms with Crippen LogP contribution in [0.2, 0.25) is 5.02 Å². The number of benzene rings is 2. The molecule has 0 N–H and O–H groups in total. The first-order chi connectivity index (χ1) is 15.0. The Balaban J connectivity index is 1.47. The molecule has 0 bridgehead atoms. The molecule has 1 aliphatic heterocycles. The molecule has 0 aliphatic carbocycles. The number of nitrogens with zero attached hydrogens (tertiary/aromatic N) is 3. The number of amides is 1. The van der Waals surface area contributed by atoms with Crippen molar-refractivity contribution in [2.24, 2.45) is 0 Å². The molecule has 1 aromatic heterocycles. The Bertz CT molecular complexity index is 1100. The van der Waals surface area contributed by atoms with Crippen LogP contribution in [0.25, 0.3) is 11.3 Å². The van der Waals surface area contributed by atoms with Crippen LogP contribution < -0.4 is 4.74 Å². The van der Waals surface area contributed by atoms with Gasteiger partial charge in [-0.15, -0.1) is 0 Å². The van der Waals surface area contributed by atoms with Crippen LogP contribution in [0.3, 0.4) is 0 Å². The third kappa shape index (κ3) is 4.98. The lowest BCUT2D eigenvalue weighted by Crippen LogP contribution is -2.44. The summed E-state index contributed by atoms with van der Waals surface area (Å²) in [5.41, 5.74) is 2.00. The van der Waals surface area contributed by atoms with E-state index in [1.165, 1.54) is 0 Å². The van der Waals surface area contributed by atoms with Crippen LogP contribution in [-0.2, 0) is 9.53 Å². The van der Waals surface area contributed by atoms with Crippen molar-refractivity contribution in [3.8, 4) is 17.0 Å². The third-order valence-electron chi connectivity index (χ3n) is 4.79. The Kier molecular flexibility index (Phi) is 6.39. The van der Waals surface area contributed by atoms with Gasteiger partial charge in [-0.05, 0) is 24.3 Å². The van der Waals surface area contributed by atoms with E-state index < -0.39 is 17.7 Å². The number of hydrogen-bond acceptors (Lipinski definition) is 5. The lowest BCUT2D eigenvalue weighted by atomic mass is 10.1. The van der Waals surface area contributed by atoms with Crippen molar-refractivity contribution >= 4 is 17.5 Å². The van der Waals surface area contributed by atoms with Crippen LogP contribution in [0.5, 0.6) is 5.75 Å². The van der Waals surface area contributed by atoms with Crippen LogP contribution >= 0.6 is 11.6 Å². The average molecular weight is 446 g/mol. The summed E-state index contributed by atoms with van der Waals surface area (Å²) >= 11 is 6.11. The number of carbonyl (C=O) groups is 1. The fourth-order valence-corrected chi connectivity index (χ4v) is 3.50. The molecule has 0 spiro atoms. The molecule has 0 saturated carbocycles. The van der Waals surface area contributed by atoms with Crippen LogP contribution in [-0.4, -0.2) is 47.1 Å². The van der Waals surface area contributed by atoms with Crippen molar-refractivity contribution < 1.29 is 23.0 Å².